The Bertz CT molecular complexity index is 932. The molecule has 28 heavy (non-hydrogen) atoms. The van der Waals surface area contributed by atoms with Crippen LogP contribution in [0.15, 0.2) is 47.0 Å². The van der Waals surface area contributed by atoms with Gasteiger partial charge >= 0.3 is 0 Å². The van der Waals surface area contributed by atoms with Crippen molar-refractivity contribution in [2.45, 2.75) is 26.3 Å². The summed E-state index contributed by atoms with van der Waals surface area (Å²) >= 11 is 0. The predicted molar refractivity (Wildman–Crippen MR) is 106 cm³/mol. The molecule has 0 saturated carbocycles. The zero-order chi connectivity index (χ0) is 19.5. The van der Waals surface area contributed by atoms with Crippen LogP contribution in [0.1, 0.15) is 24.2 Å². The normalized spacial score (nSPS) is 17.9. The Labute approximate surface area is 164 Å². The van der Waals surface area contributed by atoms with E-state index in [1.54, 1.807) is 17.9 Å². The smallest absolute Gasteiger partial charge is 0.154 e. The number of aryl methyl sites for hydroxylation is 1. The quantitative estimate of drug-likeness (QED) is 0.631. The summed E-state index contributed by atoms with van der Waals surface area (Å²) in [5, 5.41) is 4.73. The van der Waals surface area contributed by atoms with Crippen LogP contribution < -0.4 is 0 Å². The lowest BCUT2D eigenvalue weighted by Crippen LogP contribution is -2.36. The monoisotopic (exact) mass is 383 g/mol. The Morgan fingerprint density at radius 1 is 1.29 bits per heavy atom. The average molecular weight is 383 g/mol. The Morgan fingerprint density at radius 3 is 2.93 bits per heavy atom. The lowest BCUT2D eigenvalue weighted by Gasteiger charge is -2.32. The van der Waals surface area contributed by atoms with Gasteiger partial charge in [-0.15, -0.1) is 0 Å². The van der Waals surface area contributed by atoms with Crippen LogP contribution in [0.25, 0.3) is 17.1 Å². The van der Waals surface area contributed by atoms with E-state index in [0.717, 1.165) is 49.0 Å². The number of rotatable bonds is 6. The molecule has 0 bridgehead atoms. The molecule has 5 nitrogen and oxygen atoms in total. The third-order valence-electron chi connectivity index (χ3n) is 5.24. The summed E-state index contributed by atoms with van der Waals surface area (Å²) in [5.74, 6) is 1.88. The minimum absolute atomic E-state index is 0.275. The minimum Gasteiger partial charge on any atom is -0.460 e. The van der Waals surface area contributed by atoms with Crippen molar-refractivity contribution >= 4 is 0 Å². The van der Waals surface area contributed by atoms with Gasteiger partial charge in [0.25, 0.3) is 0 Å². The highest BCUT2D eigenvalue weighted by Gasteiger charge is 2.23. The zero-order valence-electron chi connectivity index (χ0n) is 16.4. The van der Waals surface area contributed by atoms with E-state index in [2.05, 4.69) is 4.90 Å². The minimum atomic E-state index is -0.275. The first-order valence-electron chi connectivity index (χ1n) is 9.75. The molecule has 6 heteroatoms. The molecule has 1 fully saturated rings. The van der Waals surface area contributed by atoms with E-state index in [-0.39, 0.29) is 5.82 Å². The number of halogens is 1. The summed E-state index contributed by atoms with van der Waals surface area (Å²) in [6, 6.07) is 10.4. The summed E-state index contributed by atoms with van der Waals surface area (Å²) in [7, 11) is 1.76. The van der Waals surface area contributed by atoms with Crippen molar-refractivity contribution in [3.63, 3.8) is 0 Å². The molecule has 148 valence electrons. The Morgan fingerprint density at radius 2 is 2.18 bits per heavy atom. The number of hydrogen-bond acceptors (Lipinski definition) is 4. The van der Waals surface area contributed by atoms with Crippen LogP contribution in [0.5, 0.6) is 0 Å². The van der Waals surface area contributed by atoms with Gasteiger partial charge in [-0.25, -0.2) is 9.07 Å². The Balaban J connectivity index is 1.64. The van der Waals surface area contributed by atoms with Gasteiger partial charge in [0.2, 0.25) is 0 Å². The van der Waals surface area contributed by atoms with E-state index in [0.29, 0.717) is 11.6 Å². The van der Waals surface area contributed by atoms with Crippen molar-refractivity contribution in [1.29, 1.82) is 0 Å². The maximum atomic E-state index is 13.7. The molecular weight excluding hydrogens is 357 g/mol. The van der Waals surface area contributed by atoms with Gasteiger partial charge in [-0.1, -0.05) is 6.07 Å². The molecule has 0 amide bonds. The third-order valence-corrected chi connectivity index (χ3v) is 5.24. The SMILES string of the molecule is COCC1CCCN(Cc2cn(-c3cccc(F)c3)nc2-c2ccc(C)o2)C1. The van der Waals surface area contributed by atoms with Gasteiger partial charge in [0, 0.05) is 32.0 Å². The summed E-state index contributed by atoms with van der Waals surface area (Å²) in [6.45, 7) is 5.57. The second kappa shape index (κ2) is 8.29. The summed E-state index contributed by atoms with van der Waals surface area (Å²) in [5.41, 5.74) is 2.59. The topological polar surface area (TPSA) is 43.4 Å². The average Bonchev–Trinajstić information content (AvgIpc) is 3.29. The molecule has 1 aliphatic heterocycles. The standard InChI is InChI=1S/C22H26FN3O2/c1-16-8-9-21(28-16)22-18(13-25-10-4-5-17(12-25)15-27-2)14-26(24-22)20-7-3-6-19(23)11-20/h3,6-9,11,14,17H,4-5,10,12-13,15H2,1-2H3. The van der Waals surface area contributed by atoms with E-state index in [1.807, 2.05) is 31.3 Å². The van der Waals surface area contributed by atoms with Gasteiger partial charge in [0.1, 0.15) is 17.3 Å². The molecule has 1 saturated heterocycles. The largest absolute Gasteiger partial charge is 0.460 e. The fraction of sp³-hybridized carbons (Fsp3) is 0.409. The van der Waals surface area contributed by atoms with Crippen molar-refractivity contribution < 1.29 is 13.5 Å². The van der Waals surface area contributed by atoms with Gasteiger partial charge in [-0.2, -0.15) is 5.10 Å². The van der Waals surface area contributed by atoms with Crippen LogP contribution in [0, 0.1) is 18.7 Å². The number of methoxy groups -OCH3 is 1. The number of likely N-dealkylation sites (tertiary alicyclic amines) is 1. The number of aromatic nitrogens is 2. The van der Waals surface area contributed by atoms with Crippen LogP contribution in [-0.4, -0.2) is 41.5 Å². The second-order valence-electron chi connectivity index (χ2n) is 7.54. The molecule has 1 atom stereocenters. The molecule has 3 aromatic rings. The third kappa shape index (κ3) is 4.18. The highest BCUT2D eigenvalue weighted by Crippen LogP contribution is 2.28. The van der Waals surface area contributed by atoms with Crippen LogP contribution in [0.2, 0.25) is 0 Å². The van der Waals surface area contributed by atoms with Crippen LogP contribution in [0.4, 0.5) is 4.39 Å². The number of nitrogens with zero attached hydrogens (tertiary/aromatic N) is 3. The first-order chi connectivity index (χ1) is 13.6. The van der Waals surface area contributed by atoms with E-state index < -0.39 is 0 Å². The second-order valence-corrected chi connectivity index (χ2v) is 7.54. The predicted octanol–water partition coefficient (Wildman–Crippen LogP) is 4.44. The van der Waals surface area contributed by atoms with E-state index in [1.165, 1.54) is 25.0 Å². The van der Waals surface area contributed by atoms with Crippen LogP contribution >= 0.6 is 0 Å². The molecule has 1 unspecified atom stereocenters. The van der Waals surface area contributed by atoms with Gasteiger partial charge in [-0.3, -0.25) is 4.90 Å². The van der Waals surface area contributed by atoms with Crippen molar-refractivity contribution in [3.8, 4) is 17.1 Å². The molecule has 0 radical (unpaired) electrons. The van der Waals surface area contributed by atoms with Crippen molar-refractivity contribution in [1.82, 2.24) is 14.7 Å². The van der Waals surface area contributed by atoms with Crippen molar-refractivity contribution in [2.75, 3.05) is 26.8 Å². The van der Waals surface area contributed by atoms with E-state index >= 15 is 0 Å². The fourth-order valence-electron chi connectivity index (χ4n) is 3.95. The molecule has 0 N–H and O–H groups in total. The van der Waals surface area contributed by atoms with Crippen molar-refractivity contribution in [3.05, 3.63) is 59.7 Å². The molecule has 0 aliphatic carbocycles. The summed E-state index contributed by atoms with van der Waals surface area (Å²) < 4.78 is 26.6. The molecular formula is C22H26FN3O2. The van der Waals surface area contributed by atoms with Gasteiger partial charge in [0.15, 0.2) is 5.76 Å². The fourth-order valence-corrected chi connectivity index (χ4v) is 3.95. The maximum Gasteiger partial charge on any atom is 0.154 e. The number of furan rings is 1. The van der Waals surface area contributed by atoms with E-state index in [4.69, 9.17) is 14.3 Å². The molecule has 1 aliphatic rings. The molecule has 2 aromatic heterocycles. The Kier molecular flexibility index (Phi) is 5.59. The molecule has 1 aromatic carbocycles. The van der Waals surface area contributed by atoms with Gasteiger partial charge < -0.3 is 9.15 Å². The highest BCUT2D eigenvalue weighted by molar-refractivity contribution is 5.58. The summed E-state index contributed by atoms with van der Waals surface area (Å²) in [4.78, 5) is 2.44. The first kappa shape index (κ1) is 18.9. The van der Waals surface area contributed by atoms with Gasteiger partial charge in [0.05, 0.1) is 12.3 Å². The Hall–Kier alpha value is -2.44. The number of piperidine rings is 1. The molecule has 0 spiro atoms. The zero-order valence-corrected chi connectivity index (χ0v) is 16.4. The molecule has 3 heterocycles. The number of ether oxygens (including phenoxy) is 1. The number of hydrogen-bond donors (Lipinski definition) is 0. The summed E-state index contributed by atoms with van der Waals surface area (Å²) in [6.07, 6.45) is 4.36. The van der Waals surface area contributed by atoms with Crippen molar-refractivity contribution in [2.24, 2.45) is 5.92 Å². The van der Waals surface area contributed by atoms with Crippen LogP contribution in [-0.2, 0) is 11.3 Å². The highest BCUT2D eigenvalue weighted by atomic mass is 19.1. The van der Waals surface area contributed by atoms with Gasteiger partial charge in [-0.05, 0) is 62.6 Å². The van der Waals surface area contributed by atoms with E-state index in [9.17, 15) is 4.39 Å². The lowest BCUT2D eigenvalue weighted by atomic mass is 9.98. The maximum absolute atomic E-state index is 13.7. The molecule has 4 rings (SSSR count). The number of benzene rings is 1. The van der Waals surface area contributed by atoms with Crippen LogP contribution in [0.3, 0.4) is 0 Å². The first-order valence-corrected chi connectivity index (χ1v) is 9.75. The lowest BCUT2D eigenvalue weighted by molar-refractivity contribution is 0.0874.